The Morgan fingerprint density at radius 2 is 1.66 bits per heavy atom. The molecule has 0 aromatic heterocycles. The highest BCUT2D eigenvalue weighted by molar-refractivity contribution is 14.1. The van der Waals surface area contributed by atoms with E-state index in [1.165, 1.54) is 6.08 Å². The second kappa shape index (κ2) is 16.6. The molecule has 8 nitrogen and oxygen atoms in total. The minimum absolute atomic E-state index is 0.0487. The normalized spacial score (nSPS) is 23.4. The first-order valence-corrected chi connectivity index (χ1v) is 16.1. The molecule has 2 unspecified atom stereocenters. The van der Waals surface area contributed by atoms with Crippen LogP contribution in [-0.2, 0) is 35.1 Å². The Balaban J connectivity index is 1.92. The van der Waals surface area contributed by atoms with Crippen molar-refractivity contribution in [2.24, 2.45) is 17.3 Å². The topological polar surface area (TPSA) is 111 Å². The van der Waals surface area contributed by atoms with Crippen LogP contribution in [0.3, 0.4) is 0 Å². The van der Waals surface area contributed by atoms with Gasteiger partial charge in [-0.05, 0) is 78.1 Å². The molecule has 0 saturated carbocycles. The number of benzene rings is 2. The summed E-state index contributed by atoms with van der Waals surface area (Å²) >= 11 is 2.21. The van der Waals surface area contributed by atoms with Gasteiger partial charge in [0.1, 0.15) is 12.1 Å². The molecule has 2 amide bonds. The summed E-state index contributed by atoms with van der Waals surface area (Å²) in [5, 5.41) is 5.60. The molecule has 2 aromatic carbocycles. The first kappa shape index (κ1) is 35.0. The Kier molecular flexibility index (Phi) is 13.2. The molecule has 0 fully saturated rings. The van der Waals surface area contributed by atoms with Crippen molar-refractivity contribution in [1.82, 2.24) is 10.6 Å². The van der Waals surface area contributed by atoms with Gasteiger partial charge in [0.25, 0.3) is 0 Å². The van der Waals surface area contributed by atoms with Gasteiger partial charge in [0.05, 0.1) is 5.41 Å². The fourth-order valence-corrected chi connectivity index (χ4v) is 4.91. The molecule has 0 radical (unpaired) electrons. The molecule has 3 rings (SSSR count). The molecule has 0 aliphatic carbocycles. The number of hydrogen-bond donors (Lipinski definition) is 2. The zero-order valence-corrected chi connectivity index (χ0v) is 28.2. The maximum atomic E-state index is 13.4. The third kappa shape index (κ3) is 11.2. The summed E-state index contributed by atoms with van der Waals surface area (Å²) < 4.78 is 12.8. The van der Waals surface area contributed by atoms with E-state index in [1.54, 1.807) is 19.9 Å². The minimum Gasteiger partial charge on any atom is -0.459 e. The number of halogens is 1. The second-order valence-electron chi connectivity index (χ2n) is 12.3. The molecule has 9 heteroatoms. The van der Waals surface area contributed by atoms with Crippen molar-refractivity contribution in [1.29, 1.82) is 0 Å². The molecule has 2 N–H and O–H groups in total. The number of esters is 2. The van der Waals surface area contributed by atoms with E-state index >= 15 is 0 Å². The van der Waals surface area contributed by atoms with E-state index in [1.807, 2.05) is 87.5 Å². The Hall–Kier alpha value is -3.47. The summed E-state index contributed by atoms with van der Waals surface area (Å²) in [7, 11) is 0. The van der Waals surface area contributed by atoms with Crippen molar-refractivity contribution in [2.75, 3.05) is 6.54 Å². The van der Waals surface area contributed by atoms with Crippen LogP contribution in [0.25, 0.3) is 6.08 Å². The lowest BCUT2D eigenvalue weighted by atomic mass is 9.93. The molecule has 4 atom stereocenters. The maximum Gasteiger partial charge on any atom is 0.347 e. The lowest BCUT2D eigenvalue weighted by Gasteiger charge is -2.29. The van der Waals surface area contributed by atoms with Crippen LogP contribution in [0.4, 0.5) is 0 Å². The van der Waals surface area contributed by atoms with Gasteiger partial charge >= 0.3 is 11.9 Å². The number of nitrogens with one attached hydrogen (secondary N) is 2. The predicted molar refractivity (Wildman–Crippen MR) is 179 cm³/mol. The van der Waals surface area contributed by atoms with Gasteiger partial charge in [-0.3, -0.25) is 14.4 Å². The Morgan fingerprint density at radius 3 is 2.32 bits per heavy atom. The predicted octanol–water partition coefficient (Wildman–Crippen LogP) is 5.64. The molecule has 0 saturated heterocycles. The van der Waals surface area contributed by atoms with Gasteiger partial charge in [0.15, 0.2) is 6.10 Å². The number of rotatable bonds is 7. The SMILES string of the molecule is CC(C)CC1OC(=O)C(C)(C)CNC(=O)[C@@H](Cc2ccc(I)cc2)NC(=O)/C=C/CC([C@H](C)/C=C/c2ccccc2)OC1=O. The summed E-state index contributed by atoms with van der Waals surface area (Å²) in [4.78, 5) is 53.1. The summed E-state index contributed by atoms with van der Waals surface area (Å²) in [6.45, 7) is 9.04. The van der Waals surface area contributed by atoms with Crippen LogP contribution in [0, 0.1) is 20.8 Å². The molecule has 236 valence electrons. The maximum absolute atomic E-state index is 13.4. The molecule has 1 aliphatic rings. The second-order valence-corrected chi connectivity index (χ2v) is 13.5. The average molecular weight is 715 g/mol. The van der Waals surface area contributed by atoms with E-state index in [2.05, 4.69) is 33.2 Å². The number of carbonyl (C=O) groups excluding carboxylic acids is 4. The smallest absolute Gasteiger partial charge is 0.347 e. The number of ether oxygens (including phenoxy) is 2. The standard InChI is InChI=1S/C35H43IN2O6/c1-23(2)20-30-33(41)43-29(24(3)14-15-25-10-7-6-8-11-25)12-9-13-31(39)38-28(21-26-16-18-27(36)19-17-26)32(40)37-22-35(4,5)34(42)44-30/h6-11,13-19,23-24,28-30H,12,20-22H2,1-5H3,(H,37,40)(H,38,39)/b13-9+,15-14+/t24-,28-,29?,30?/m1/s1. The summed E-state index contributed by atoms with van der Waals surface area (Å²) in [6, 6.07) is 16.6. The number of cyclic esters (lactones) is 2. The highest BCUT2D eigenvalue weighted by Gasteiger charge is 2.36. The van der Waals surface area contributed by atoms with Crippen molar-refractivity contribution >= 4 is 52.4 Å². The van der Waals surface area contributed by atoms with Crippen LogP contribution < -0.4 is 10.6 Å². The highest BCUT2D eigenvalue weighted by atomic mass is 127. The zero-order valence-electron chi connectivity index (χ0n) is 26.0. The molecule has 44 heavy (non-hydrogen) atoms. The monoisotopic (exact) mass is 714 g/mol. The number of hydrogen-bond acceptors (Lipinski definition) is 6. The van der Waals surface area contributed by atoms with Gasteiger partial charge in [0.2, 0.25) is 11.8 Å². The van der Waals surface area contributed by atoms with Crippen molar-refractivity contribution in [3.05, 3.63) is 87.5 Å². The van der Waals surface area contributed by atoms with Crippen molar-refractivity contribution in [3.63, 3.8) is 0 Å². The largest absolute Gasteiger partial charge is 0.459 e. The van der Waals surface area contributed by atoms with Gasteiger partial charge in [-0.2, -0.15) is 0 Å². The number of amides is 2. The van der Waals surface area contributed by atoms with Crippen molar-refractivity contribution in [3.8, 4) is 0 Å². The molecule has 0 bridgehead atoms. The van der Waals surface area contributed by atoms with E-state index in [0.29, 0.717) is 0 Å². The minimum atomic E-state index is -1.15. The summed E-state index contributed by atoms with van der Waals surface area (Å²) in [6.07, 6.45) is 5.95. The highest BCUT2D eigenvalue weighted by Crippen LogP contribution is 2.23. The molecule has 0 spiro atoms. The lowest BCUT2D eigenvalue weighted by molar-refractivity contribution is -0.178. The molecule has 1 heterocycles. The van der Waals surface area contributed by atoms with Gasteiger partial charge in [-0.1, -0.05) is 81.5 Å². The summed E-state index contributed by atoms with van der Waals surface area (Å²) in [5.74, 6) is -2.31. The fourth-order valence-electron chi connectivity index (χ4n) is 4.55. The third-order valence-electron chi connectivity index (χ3n) is 7.32. The van der Waals surface area contributed by atoms with E-state index in [4.69, 9.17) is 9.47 Å². The average Bonchev–Trinajstić information content (AvgIpc) is 2.98. The lowest BCUT2D eigenvalue weighted by Crippen LogP contribution is -2.51. The Bertz CT molecular complexity index is 1340. The summed E-state index contributed by atoms with van der Waals surface area (Å²) in [5.41, 5.74) is 0.732. The zero-order chi connectivity index (χ0) is 32.3. The van der Waals surface area contributed by atoms with Crippen LogP contribution in [0.2, 0.25) is 0 Å². The van der Waals surface area contributed by atoms with Gasteiger partial charge in [-0.25, -0.2) is 4.79 Å². The molecule has 2 aromatic rings. The van der Waals surface area contributed by atoms with Gasteiger partial charge in [0, 0.05) is 28.9 Å². The van der Waals surface area contributed by atoms with Gasteiger partial charge < -0.3 is 20.1 Å². The quantitative estimate of drug-likeness (QED) is 0.284. The van der Waals surface area contributed by atoms with Crippen molar-refractivity contribution < 1.29 is 28.7 Å². The first-order valence-electron chi connectivity index (χ1n) is 15.0. The molecular formula is C35H43IN2O6. The van der Waals surface area contributed by atoms with Crippen LogP contribution in [0.15, 0.2) is 72.8 Å². The van der Waals surface area contributed by atoms with Crippen LogP contribution in [-0.4, -0.2) is 48.5 Å². The first-order chi connectivity index (χ1) is 20.8. The van der Waals surface area contributed by atoms with Crippen LogP contribution in [0.1, 0.15) is 58.6 Å². The van der Waals surface area contributed by atoms with Crippen molar-refractivity contribution in [2.45, 2.75) is 72.1 Å². The van der Waals surface area contributed by atoms with E-state index in [0.717, 1.165) is 14.7 Å². The Morgan fingerprint density at radius 1 is 0.977 bits per heavy atom. The van der Waals surface area contributed by atoms with E-state index < -0.39 is 47.4 Å². The van der Waals surface area contributed by atoms with E-state index in [-0.39, 0.29) is 37.6 Å². The molecular weight excluding hydrogens is 671 g/mol. The van der Waals surface area contributed by atoms with E-state index in [9.17, 15) is 19.2 Å². The third-order valence-corrected chi connectivity index (χ3v) is 8.04. The number of carbonyl (C=O) groups is 4. The van der Waals surface area contributed by atoms with Crippen LogP contribution >= 0.6 is 22.6 Å². The van der Waals surface area contributed by atoms with Gasteiger partial charge in [-0.15, -0.1) is 0 Å². The van der Waals surface area contributed by atoms with Crippen LogP contribution in [0.5, 0.6) is 0 Å². The Labute approximate surface area is 274 Å². The molecule has 1 aliphatic heterocycles. The fraction of sp³-hybridized carbons (Fsp3) is 0.429.